The smallest absolute Gasteiger partial charge is 0.267 e. The molecule has 0 radical (unpaired) electrons. The van der Waals surface area contributed by atoms with Gasteiger partial charge in [-0.15, -0.1) is 0 Å². The standard InChI is InChI=1S/C23H17N3O3/c1-29-15-12-10-14(11-13-15)24-22-18-8-4-5-9-19(18)25-20-16-6-2-3-7-17(16)21(27)23(20,28)26-22/h2-13,28H,1H3,(H,24,26). The molecule has 1 aliphatic carbocycles. The zero-order valence-corrected chi connectivity index (χ0v) is 15.6. The molecular weight excluding hydrogens is 366 g/mol. The van der Waals surface area contributed by atoms with E-state index >= 15 is 0 Å². The van der Waals surface area contributed by atoms with Gasteiger partial charge in [-0.3, -0.25) is 4.79 Å². The van der Waals surface area contributed by atoms with E-state index in [1.165, 1.54) is 0 Å². The van der Waals surface area contributed by atoms with Crippen LogP contribution in [0.5, 0.6) is 5.75 Å². The summed E-state index contributed by atoms with van der Waals surface area (Å²) in [6.45, 7) is 0. The Balaban J connectivity index is 1.68. The van der Waals surface area contributed by atoms with E-state index in [1.54, 1.807) is 25.3 Å². The van der Waals surface area contributed by atoms with Gasteiger partial charge < -0.3 is 15.2 Å². The first-order chi connectivity index (χ1) is 14.1. The van der Waals surface area contributed by atoms with Crippen LogP contribution in [0.3, 0.4) is 0 Å². The number of carbonyl (C=O) groups is 1. The van der Waals surface area contributed by atoms with Gasteiger partial charge in [0.05, 0.1) is 12.8 Å². The molecule has 0 aromatic heterocycles. The van der Waals surface area contributed by atoms with Crippen molar-refractivity contribution >= 4 is 28.7 Å². The van der Waals surface area contributed by atoms with Crippen molar-refractivity contribution in [2.75, 3.05) is 12.4 Å². The maximum absolute atomic E-state index is 13.1. The lowest BCUT2D eigenvalue weighted by Gasteiger charge is -2.18. The van der Waals surface area contributed by atoms with Gasteiger partial charge in [0.1, 0.15) is 17.3 Å². The molecule has 6 heteroatoms. The molecule has 1 atom stereocenters. The van der Waals surface area contributed by atoms with Crippen LogP contribution >= 0.6 is 0 Å². The van der Waals surface area contributed by atoms with Gasteiger partial charge in [-0.2, -0.15) is 0 Å². The van der Waals surface area contributed by atoms with E-state index in [4.69, 9.17) is 4.74 Å². The molecule has 3 aromatic carbocycles. The van der Waals surface area contributed by atoms with Crippen molar-refractivity contribution in [3.8, 4) is 5.75 Å². The zero-order valence-electron chi connectivity index (χ0n) is 15.6. The second-order valence-corrected chi connectivity index (χ2v) is 6.84. The lowest BCUT2D eigenvalue weighted by molar-refractivity contribution is 0.0646. The average molecular weight is 383 g/mol. The molecule has 0 saturated heterocycles. The Morgan fingerprint density at radius 2 is 1.55 bits per heavy atom. The number of nitrogens with zero attached hydrogens (tertiary/aromatic N) is 2. The van der Waals surface area contributed by atoms with E-state index in [0.717, 1.165) is 11.4 Å². The summed E-state index contributed by atoms with van der Waals surface area (Å²) in [6.07, 6.45) is 0. The number of para-hydroxylation sites is 1. The summed E-state index contributed by atoms with van der Waals surface area (Å²) in [4.78, 5) is 22.2. The van der Waals surface area contributed by atoms with Crippen molar-refractivity contribution in [1.29, 1.82) is 0 Å². The van der Waals surface area contributed by atoms with Crippen molar-refractivity contribution < 1.29 is 14.6 Å². The number of hydrogen-bond donors (Lipinski definition) is 2. The molecule has 0 spiro atoms. The molecule has 1 heterocycles. The van der Waals surface area contributed by atoms with Gasteiger partial charge in [0.2, 0.25) is 5.78 Å². The number of hydrogen-bond acceptors (Lipinski definition) is 6. The highest BCUT2D eigenvalue weighted by atomic mass is 16.5. The third-order valence-corrected chi connectivity index (χ3v) is 5.09. The van der Waals surface area contributed by atoms with Crippen LogP contribution in [0.15, 0.2) is 82.8 Å². The zero-order chi connectivity index (χ0) is 20.0. The molecule has 1 aliphatic heterocycles. The molecule has 29 heavy (non-hydrogen) atoms. The molecule has 1 unspecified atom stereocenters. The highest BCUT2D eigenvalue weighted by Gasteiger charge is 2.51. The van der Waals surface area contributed by atoms with Crippen LogP contribution in [0.4, 0.5) is 11.4 Å². The maximum Gasteiger partial charge on any atom is 0.267 e. The fraction of sp³-hybridized carbons (Fsp3) is 0.0870. The van der Waals surface area contributed by atoms with E-state index in [9.17, 15) is 9.90 Å². The molecular formula is C23H17N3O3. The van der Waals surface area contributed by atoms with Crippen LogP contribution in [-0.2, 0) is 0 Å². The first kappa shape index (κ1) is 17.3. The molecule has 6 nitrogen and oxygen atoms in total. The van der Waals surface area contributed by atoms with Gasteiger partial charge in [0, 0.05) is 22.4 Å². The van der Waals surface area contributed by atoms with Crippen LogP contribution < -0.4 is 10.1 Å². The number of carbonyl (C=O) groups excluding carboxylic acids is 1. The number of fused-ring (bicyclic) bond motifs is 4. The Labute approximate surface area is 167 Å². The number of ketones is 1. The third kappa shape index (κ3) is 2.65. The second kappa shape index (κ2) is 6.39. The van der Waals surface area contributed by atoms with E-state index in [1.807, 2.05) is 54.6 Å². The number of aliphatic hydroxyl groups is 1. The quantitative estimate of drug-likeness (QED) is 0.709. The Hall–Kier alpha value is -3.77. The lowest BCUT2D eigenvalue weighted by atomic mass is 10.1. The van der Waals surface area contributed by atoms with Gasteiger partial charge in [-0.1, -0.05) is 36.4 Å². The van der Waals surface area contributed by atoms with E-state index < -0.39 is 11.5 Å². The minimum atomic E-state index is -2.07. The number of Topliss-reactive ketones (excluding diaryl/α,β-unsaturated/α-hetero) is 1. The van der Waals surface area contributed by atoms with Gasteiger partial charge in [-0.05, 0) is 36.4 Å². The van der Waals surface area contributed by atoms with Crippen molar-refractivity contribution in [2.45, 2.75) is 5.72 Å². The van der Waals surface area contributed by atoms with E-state index in [-0.39, 0.29) is 5.71 Å². The van der Waals surface area contributed by atoms with Crippen LogP contribution in [0.2, 0.25) is 0 Å². The monoisotopic (exact) mass is 383 g/mol. The summed E-state index contributed by atoms with van der Waals surface area (Å²) in [6, 6.07) is 21.8. The number of nitrogens with one attached hydrogen (secondary N) is 1. The SMILES string of the molecule is COc1ccc(NC2=NC3(O)C(=O)c4ccccc4C3=Nc3ccccc32)cc1. The normalized spacial score (nSPS) is 19.3. The fourth-order valence-corrected chi connectivity index (χ4v) is 3.63. The molecule has 0 fully saturated rings. The number of anilines is 1. The number of ether oxygens (including phenoxy) is 1. The first-order valence-electron chi connectivity index (χ1n) is 9.16. The highest BCUT2D eigenvalue weighted by molar-refractivity contribution is 6.35. The summed E-state index contributed by atoms with van der Waals surface area (Å²) in [5.41, 5.74) is 1.26. The summed E-state index contributed by atoms with van der Waals surface area (Å²) >= 11 is 0. The van der Waals surface area contributed by atoms with Crippen molar-refractivity contribution in [3.63, 3.8) is 0 Å². The van der Waals surface area contributed by atoms with Crippen molar-refractivity contribution in [1.82, 2.24) is 0 Å². The average Bonchev–Trinajstić information content (AvgIpc) is 2.88. The van der Waals surface area contributed by atoms with Gasteiger partial charge in [0.25, 0.3) is 5.72 Å². The summed E-state index contributed by atoms with van der Waals surface area (Å²) in [7, 11) is 1.60. The fourth-order valence-electron chi connectivity index (χ4n) is 3.63. The molecule has 142 valence electrons. The van der Waals surface area contributed by atoms with E-state index in [2.05, 4.69) is 15.3 Å². The molecule has 0 bridgehead atoms. The minimum Gasteiger partial charge on any atom is -0.497 e. The predicted octanol–water partition coefficient (Wildman–Crippen LogP) is 3.57. The first-order valence-corrected chi connectivity index (χ1v) is 9.16. The van der Waals surface area contributed by atoms with Crippen molar-refractivity contribution in [2.24, 2.45) is 9.98 Å². The number of rotatable bonds is 2. The van der Waals surface area contributed by atoms with Crippen LogP contribution in [-0.4, -0.2) is 35.3 Å². The summed E-state index contributed by atoms with van der Waals surface area (Å²) in [5, 5.41) is 14.6. The number of amidine groups is 1. The minimum absolute atomic E-state index is 0.247. The predicted molar refractivity (Wildman–Crippen MR) is 112 cm³/mol. The topological polar surface area (TPSA) is 83.3 Å². The maximum atomic E-state index is 13.1. The highest BCUT2D eigenvalue weighted by Crippen LogP contribution is 2.37. The number of methoxy groups -OCH3 is 1. The van der Waals surface area contributed by atoms with Gasteiger partial charge in [-0.25, -0.2) is 9.98 Å². The van der Waals surface area contributed by atoms with Gasteiger partial charge in [0.15, 0.2) is 0 Å². The molecule has 0 amide bonds. The Morgan fingerprint density at radius 3 is 2.28 bits per heavy atom. The van der Waals surface area contributed by atoms with Crippen LogP contribution in [0.1, 0.15) is 21.5 Å². The van der Waals surface area contributed by atoms with Gasteiger partial charge >= 0.3 is 0 Å². The molecule has 5 rings (SSSR count). The molecule has 2 N–H and O–H groups in total. The Kier molecular flexibility index (Phi) is 3.82. The number of benzene rings is 3. The Bertz CT molecular complexity index is 1200. The lowest BCUT2D eigenvalue weighted by Crippen LogP contribution is -2.40. The number of aliphatic imine (C=N–C) groups is 2. The molecule has 0 saturated carbocycles. The largest absolute Gasteiger partial charge is 0.497 e. The molecule has 2 aliphatic rings. The third-order valence-electron chi connectivity index (χ3n) is 5.09. The van der Waals surface area contributed by atoms with Crippen molar-refractivity contribution in [3.05, 3.63) is 89.5 Å². The van der Waals surface area contributed by atoms with E-state index in [0.29, 0.717) is 28.2 Å². The Morgan fingerprint density at radius 1 is 0.897 bits per heavy atom. The summed E-state index contributed by atoms with van der Waals surface area (Å²) < 4.78 is 5.20. The summed E-state index contributed by atoms with van der Waals surface area (Å²) in [5.74, 6) is 0.617. The second-order valence-electron chi connectivity index (χ2n) is 6.84. The van der Waals surface area contributed by atoms with Crippen LogP contribution in [0.25, 0.3) is 0 Å². The molecule has 3 aromatic rings. The van der Waals surface area contributed by atoms with Crippen LogP contribution in [0, 0.1) is 0 Å².